The summed E-state index contributed by atoms with van der Waals surface area (Å²) < 4.78 is 5.14. The van der Waals surface area contributed by atoms with Crippen molar-refractivity contribution < 1.29 is 14.0 Å². The van der Waals surface area contributed by atoms with Crippen LogP contribution in [0, 0.1) is 27.7 Å². The quantitative estimate of drug-likeness (QED) is 0.616. The number of Topliss-reactive ketones (excluding diaryl/α,β-unsaturated/α-hetero) is 2. The van der Waals surface area contributed by atoms with Crippen LogP contribution < -0.4 is 0 Å². The van der Waals surface area contributed by atoms with Crippen LogP contribution in [0.2, 0.25) is 0 Å². The Morgan fingerprint density at radius 3 is 2.22 bits per heavy atom. The first-order valence-electron chi connectivity index (χ1n) is 7.76. The van der Waals surface area contributed by atoms with Gasteiger partial charge in [-0.2, -0.15) is 0 Å². The number of hydrogen-bond acceptors (Lipinski definition) is 3. The zero-order valence-corrected chi connectivity index (χ0v) is 13.9. The summed E-state index contributed by atoms with van der Waals surface area (Å²) in [7, 11) is 0. The largest absolute Gasteiger partial charge is 0.472 e. The molecule has 1 heterocycles. The molecule has 0 bridgehead atoms. The average Bonchev–Trinajstić information content (AvgIpc) is 2.97. The van der Waals surface area contributed by atoms with E-state index in [1.54, 1.807) is 18.6 Å². The van der Waals surface area contributed by atoms with Gasteiger partial charge >= 0.3 is 0 Å². The molecule has 23 heavy (non-hydrogen) atoms. The van der Waals surface area contributed by atoms with Crippen molar-refractivity contribution in [2.24, 2.45) is 0 Å². The number of rotatable bonds is 2. The van der Waals surface area contributed by atoms with Crippen molar-refractivity contribution in [3.05, 3.63) is 63.6 Å². The van der Waals surface area contributed by atoms with Crippen molar-refractivity contribution in [3.8, 4) is 0 Å². The van der Waals surface area contributed by atoms with E-state index in [0.29, 0.717) is 5.57 Å². The topological polar surface area (TPSA) is 47.3 Å². The molecule has 1 aromatic carbocycles. The molecule has 118 valence electrons. The molecule has 3 rings (SSSR count). The molecule has 0 amide bonds. The maximum absolute atomic E-state index is 12.8. The van der Waals surface area contributed by atoms with Gasteiger partial charge in [-0.15, -0.1) is 0 Å². The lowest BCUT2D eigenvalue weighted by molar-refractivity contribution is -0.123. The van der Waals surface area contributed by atoms with Gasteiger partial charge < -0.3 is 4.42 Å². The van der Waals surface area contributed by atoms with E-state index in [9.17, 15) is 9.59 Å². The molecule has 2 aromatic rings. The molecule has 3 nitrogen and oxygen atoms in total. The Morgan fingerprint density at radius 2 is 1.65 bits per heavy atom. The van der Waals surface area contributed by atoms with E-state index in [-0.39, 0.29) is 18.0 Å². The molecular formula is C20H20O3. The Hall–Kier alpha value is -2.42. The summed E-state index contributed by atoms with van der Waals surface area (Å²) >= 11 is 0. The van der Waals surface area contributed by atoms with Crippen LogP contribution in [0.15, 0.2) is 34.6 Å². The van der Waals surface area contributed by atoms with E-state index in [1.807, 2.05) is 39.8 Å². The van der Waals surface area contributed by atoms with Gasteiger partial charge in [0.2, 0.25) is 0 Å². The smallest absolute Gasteiger partial charge is 0.174 e. The van der Waals surface area contributed by atoms with Crippen LogP contribution in [0.5, 0.6) is 0 Å². The van der Waals surface area contributed by atoms with Crippen LogP contribution in [-0.2, 0) is 9.59 Å². The van der Waals surface area contributed by atoms with E-state index < -0.39 is 5.92 Å². The summed E-state index contributed by atoms with van der Waals surface area (Å²) in [5.74, 6) is -0.753. The molecule has 0 spiro atoms. The number of carbonyl (C=O) groups excluding carboxylic acids is 2. The van der Waals surface area contributed by atoms with Gasteiger partial charge in [-0.3, -0.25) is 9.59 Å². The predicted molar refractivity (Wildman–Crippen MR) is 89.4 cm³/mol. The molecule has 1 atom stereocenters. The van der Waals surface area contributed by atoms with Gasteiger partial charge in [0, 0.05) is 17.6 Å². The second-order valence-corrected chi connectivity index (χ2v) is 6.43. The van der Waals surface area contributed by atoms with Crippen molar-refractivity contribution in [2.75, 3.05) is 0 Å². The minimum absolute atomic E-state index is 0.0162. The average molecular weight is 308 g/mol. The SMILES string of the molecule is Cc1cc(C)c(C2C(=O)C/C(=C\c3cocc3C)C2=O)c(C)c1. The number of allylic oxidation sites excluding steroid dienone is 1. The second kappa shape index (κ2) is 5.65. The van der Waals surface area contributed by atoms with Gasteiger partial charge in [0.1, 0.15) is 5.92 Å². The molecule has 1 fully saturated rings. The number of ketones is 2. The third-order valence-electron chi connectivity index (χ3n) is 4.52. The van der Waals surface area contributed by atoms with E-state index in [1.165, 1.54) is 0 Å². The molecule has 0 saturated heterocycles. The summed E-state index contributed by atoms with van der Waals surface area (Å²) in [5.41, 5.74) is 6.43. The molecule has 1 aromatic heterocycles. The van der Waals surface area contributed by atoms with Crippen LogP contribution >= 0.6 is 0 Å². The van der Waals surface area contributed by atoms with Crippen molar-refractivity contribution in [1.29, 1.82) is 0 Å². The summed E-state index contributed by atoms with van der Waals surface area (Å²) in [4.78, 5) is 25.3. The number of furan rings is 1. The predicted octanol–water partition coefficient (Wildman–Crippen LogP) is 4.22. The maximum atomic E-state index is 12.8. The summed E-state index contributed by atoms with van der Waals surface area (Å²) in [6, 6.07) is 4.07. The highest BCUT2D eigenvalue weighted by Crippen LogP contribution is 2.36. The molecular weight excluding hydrogens is 288 g/mol. The molecule has 1 saturated carbocycles. The minimum Gasteiger partial charge on any atom is -0.472 e. The molecule has 3 heteroatoms. The van der Waals surface area contributed by atoms with Gasteiger partial charge in [0.05, 0.1) is 12.5 Å². The van der Waals surface area contributed by atoms with Crippen LogP contribution in [0.1, 0.15) is 45.7 Å². The fraction of sp³-hybridized carbons (Fsp3) is 0.300. The fourth-order valence-electron chi connectivity index (χ4n) is 3.48. The minimum atomic E-state index is -0.658. The van der Waals surface area contributed by atoms with Crippen LogP contribution in [0.25, 0.3) is 6.08 Å². The van der Waals surface area contributed by atoms with Gasteiger partial charge in [0.15, 0.2) is 11.6 Å². The molecule has 0 radical (unpaired) electrons. The third-order valence-corrected chi connectivity index (χ3v) is 4.52. The first-order valence-corrected chi connectivity index (χ1v) is 7.76. The van der Waals surface area contributed by atoms with Gasteiger partial charge in [-0.1, -0.05) is 17.7 Å². The van der Waals surface area contributed by atoms with Crippen molar-refractivity contribution in [2.45, 2.75) is 40.0 Å². The Morgan fingerprint density at radius 1 is 1.00 bits per heavy atom. The Kier molecular flexibility index (Phi) is 3.80. The third kappa shape index (κ3) is 2.67. The monoisotopic (exact) mass is 308 g/mol. The summed E-state index contributed by atoms with van der Waals surface area (Å²) in [5, 5.41) is 0. The second-order valence-electron chi connectivity index (χ2n) is 6.43. The first kappa shape index (κ1) is 15.5. The Balaban J connectivity index is 2.03. The lowest BCUT2D eigenvalue weighted by Crippen LogP contribution is -2.15. The molecule has 1 aliphatic rings. The standard InChI is InChI=1S/C20H20O3/c1-11-5-12(2)18(13(3)6-11)19-17(21)8-15(20(19)22)7-16-10-23-9-14(16)4/h5-7,9-10,19H,8H2,1-4H3/b15-7+. The van der Waals surface area contributed by atoms with Gasteiger partial charge in [0.25, 0.3) is 0 Å². The van der Waals surface area contributed by atoms with E-state index in [0.717, 1.165) is 33.4 Å². The van der Waals surface area contributed by atoms with Gasteiger partial charge in [-0.25, -0.2) is 0 Å². The van der Waals surface area contributed by atoms with Crippen LogP contribution in [-0.4, -0.2) is 11.6 Å². The maximum Gasteiger partial charge on any atom is 0.174 e. The lowest BCUT2D eigenvalue weighted by atomic mass is 9.87. The fourth-order valence-corrected chi connectivity index (χ4v) is 3.48. The van der Waals surface area contributed by atoms with E-state index in [2.05, 4.69) is 0 Å². The number of hydrogen-bond donors (Lipinski definition) is 0. The summed E-state index contributed by atoms with van der Waals surface area (Å²) in [6.45, 7) is 7.88. The summed E-state index contributed by atoms with van der Waals surface area (Å²) in [6.07, 6.45) is 5.23. The van der Waals surface area contributed by atoms with E-state index in [4.69, 9.17) is 4.42 Å². The van der Waals surface area contributed by atoms with Crippen LogP contribution in [0.3, 0.4) is 0 Å². The zero-order valence-electron chi connectivity index (χ0n) is 13.9. The van der Waals surface area contributed by atoms with Crippen molar-refractivity contribution >= 4 is 17.6 Å². The Bertz CT molecular complexity index is 813. The Labute approximate surface area is 136 Å². The van der Waals surface area contributed by atoms with Crippen molar-refractivity contribution in [3.63, 3.8) is 0 Å². The lowest BCUT2D eigenvalue weighted by Gasteiger charge is -2.15. The number of carbonyl (C=O) groups is 2. The van der Waals surface area contributed by atoms with E-state index >= 15 is 0 Å². The normalized spacial score (nSPS) is 19.8. The van der Waals surface area contributed by atoms with Crippen LogP contribution in [0.4, 0.5) is 0 Å². The molecule has 0 N–H and O–H groups in total. The zero-order chi connectivity index (χ0) is 16.7. The first-order chi connectivity index (χ1) is 10.9. The van der Waals surface area contributed by atoms with Crippen molar-refractivity contribution in [1.82, 2.24) is 0 Å². The van der Waals surface area contributed by atoms with Gasteiger partial charge in [-0.05, 0) is 56.0 Å². The molecule has 1 aliphatic carbocycles. The number of benzene rings is 1. The number of aryl methyl sites for hydroxylation is 4. The highest BCUT2D eigenvalue weighted by molar-refractivity contribution is 6.24. The molecule has 0 aliphatic heterocycles. The highest BCUT2D eigenvalue weighted by Gasteiger charge is 2.39. The highest BCUT2D eigenvalue weighted by atomic mass is 16.3. The molecule has 1 unspecified atom stereocenters.